The van der Waals surface area contributed by atoms with Crippen LogP contribution in [0.5, 0.6) is 5.75 Å². The number of ether oxygens (including phenoxy) is 1. The van der Waals surface area contributed by atoms with Gasteiger partial charge in [0.15, 0.2) is 0 Å². The highest BCUT2D eigenvalue weighted by Crippen LogP contribution is 2.34. The van der Waals surface area contributed by atoms with Crippen LogP contribution >= 0.6 is 0 Å². The zero-order chi connectivity index (χ0) is 11.5. The van der Waals surface area contributed by atoms with Crippen molar-refractivity contribution < 1.29 is 9.57 Å². The van der Waals surface area contributed by atoms with Gasteiger partial charge in [0.2, 0.25) is 0 Å². The first kappa shape index (κ1) is 12.0. The minimum atomic E-state index is -0.147. The third-order valence-electron chi connectivity index (χ3n) is 2.58. The molecule has 3 heteroatoms. The summed E-state index contributed by atoms with van der Waals surface area (Å²) in [6.45, 7) is 6.71. The summed E-state index contributed by atoms with van der Waals surface area (Å²) in [5.74, 6) is 6.04. The van der Waals surface area contributed by atoms with Crippen molar-refractivity contribution >= 4 is 0 Å². The van der Waals surface area contributed by atoms with Crippen LogP contribution in [0.3, 0.4) is 0 Å². The van der Waals surface area contributed by atoms with E-state index in [9.17, 15) is 0 Å². The highest BCUT2D eigenvalue weighted by Gasteiger charge is 2.26. The molecule has 0 aromatic heterocycles. The lowest BCUT2D eigenvalue weighted by Crippen LogP contribution is -2.27. The van der Waals surface area contributed by atoms with Crippen LogP contribution in [0.25, 0.3) is 0 Å². The van der Waals surface area contributed by atoms with Crippen LogP contribution in [0.2, 0.25) is 0 Å². The lowest BCUT2D eigenvalue weighted by molar-refractivity contribution is 0.0952. The van der Waals surface area contributed by atoms with Gasteiger partial charge in [-0.05, 0) is 18.6 Å². The first-order valence-electron chi connectivity index (χ1n) is 4.98. The van der Waals surface area contributed by atoms with Crippen LogP contribution < -0.4 is 10.6 Å². The number of hydrogen-bond acceptors (Lipinski definition) is 3. The van der Waals surface area contributed by atoms with Gasteiger partial charge in [-0.15, -0.1) is 0 Å². The molecule has 0 heterocycles. The van der Waals surface area contributed by atoms with Crippen molar-refractivity contribution in [2.24, 2.45) is 5.90 Å². The Morgan fingerprint density at radius 1 is 1.33 bits per heavy atom. The first-order chi connectivity index (χ1) is 7.03. The van der Waals surface area contributed by atoms with Gasteiger partial charge in [0.1, 0.15) is 5.75 Å². The summed E-state index contributed by atoms with van der Waals surface area (Å²) in [4.78, 5) is 4.76. The Morgan fingerprint density at radius 3 is 2.53 bits per heavy atom. The van der Waals surface area contributed by atoms with E-state index >= 15 is 0 Å². The second kappa shape index (κ2) is 4.64. The van der Waals surface area contributed by atoms with E-state index in [-0.39, 0.29) is 5.41 Å². The Labute approximate surface area is 91.1 Å². The number of hydrogen-bond donors (Lipinski definition) is 1. The Balaban J connectivity index is 3.21. The summed E-state index contributed by atoms with van der Waals surface area (Å²) in [5.41, 5.74) is 2.19. The zero-order valence-electron chi connectivity index (χ0n) is 9.83. The van der Waals surface area contributed by atoms with Gasteiger partial charge < -0.3 is 9.57 Å². The minimum absolute atomic E-state index is 0.147. The van der Waals surface area contributed by atoms with Crippen molar-refractivity contribution in [1.82, 2.24) is 0 Å². The molecule has 15 heavy (non-hydrogen) atoms. The summed E-state index contributed by atoms with van der Waals surface area (Å²) in [6, 6.07) is 6.01. The molecule has 0 aliphatic heterocycles. The van der Waals surface area contributed by atoms with Crippen LogP contribution in [0.15, 0.2) is 18.2 Å². The van der Waals surface area contributed by atoms with Gasteiger partial charge in [-0.3, -0.25) is 0 Å². The maximum absolute atomic E-state index is 5.36. The molecule has 0 radical (unpaired) electrons. The number of rotatable bonds is 4. The molecule has 0 atom stereocenters. The van der Waals surface area contributed by atoms with Gasteiger partial charge in [0.25, 0.3) is 0 Å². The smallest absolute Gasteiger partial charge is 0.122 e. The van der Waals surface area contributed by atoms with Gasteiger partial charge >= 0.3 is 0 Å². The van der Waals surface area contributed by atoms with Crippen molar-refractivity contribution in [3.63, 3.8) is 0 Å². The molecule has 0 aliphatic carbocycles. The predicted octanol–water partition coefficient (Wildman–Crippen LogP) is 2.17. The number of benzene rings is 1. The van der Waals surface area contributed by atoms with Gasteiger partial charge in [0, 0.05) is 11.0 Å². The Kier molecular flexibility index (Phi) is 3.72. The monoisotopic (exact) mass is 209 g/mol. The summed E-state index contributed by atoms with van der Waals surface area (Å²) < 4.78 is 5.36. The molecule has 3 nitrogen and oxygen atoms in total. The average molecular weight is 209 g/mol. The second-order valence-corrected chi connectivity index (χ2v) is 4.35. The molecule has 0 unspecified atom stereocenters. The zero-order valence-corrected chi connectivity index (χ0v) is 9.83. The molecule has 0 saturated carbocycles. The molecule has 0 spiro atoms. The fourth-order valence-electron chi connectivity index (χ4n) is 1.96. The number of aryl methyl sites for hydroxylation is 1. The molecule has 0 fully saturated rings. The van der Waals surface area contributed by atoms with E-state index in [1.165, 1.54) is 5.56 Å². The molecule has 0 bridgehead atoms. The van der Waals surface area contributed by atoms with Crippen molar-refractivity contribution in [2.75, 3.05) is 13.7 Å². The summed E-state index contributed by atoms with van der Waals surface area (Å²) in [5, 5.41) is 0. The number of methoxy groups -OCH3 is 1. The van der Waals surface area contributed by atoms with Crippen molar-refractivity contribution in [3.05, 3.63) is 29.3 Å². The standard InChI is InChI=1S/C12H19NO2/c1-9-6-5-7-10(14-4)11(9)12(2,3)8-15-13/h5-7H,8,13H2,1-4H3. The fourth-order valence-corrected chi connectivity index (χ4v) is 1.96. The molecular weight excluding hydrogens is 190 g/mol. The quantitative estimate of drug-likeness (QED) is 0.773. The van der Waals surface area contributed by atoms with Gasteiger partial charge in [0.05, 0.1) is 13.7 Å². The highest BCUT2D eigenvalue weighted by atomic mass is 16.6. The van der Waals surface area contributed by atoms with Gasteiger partial charge in [-0.1, -0.05) is 26.0 Å². The number of nitrogens with two attached hydrogens (primary N) is 1. The molecule has 1 rings (SSSR count). The third kappa shape index (κ3) is 2.49. The third-order valence-corrected chi connectivity index (χ3v) is 2.58. The topological polar surface area (TPSA) is 44.5 Å². The van der Waals surface area contributed by atoms with Crippen LogP contribution in [0, 0.1) is 6.92 Å². The van der Waals surface area contributed by atoms with E-state index in [2.05, 4.69) is 26.8 Å². The molecular formula is C12H19NO2. The second-order valence-electron chi connectivity index (χ2n) is 4.35. The molecule has 0 aliphatic rings. The molecule has 1 aromatic carbocycles. The summed E-state index contributed by atoms with van der Waals surface area (Å²) in [6.07, 6.45) is 0. The van der Waals surface area contributed by atoms with Crippen LogP contribution in [-0.2, 0) is 10.3 Å². The highest BCUT2D eigenvalue weighted by molar-refractivity contribution is 5.44. The summed E-state index contributed by atoms with van der Waals surface area (Å²) in [7, 11) is 1.68. The normalized spacial score (nSPS) is 11.5. The predicted molar refractivity (Wildman–Crippen MR) is 60.9 cm³/mol. The van der Waals surface area contributed by atoms with E-state index in [0.717, 1.165) is 11.3 Å². The Bertz CT molecular complexity index is 334. The molecule has 0 saturated heterocycles. The van der Waals surface area contributed by atoms with Crippen molar-refractivity contribution in [2.45, 2.75) is 26.2 Å². The van der Waals surface area contributed by atoms with E-state index < -0.39 is 0 Å². The van der Waals surface area contributed by atoms with E-state index in [1.807, 2.05) is 12.1 Å². The maximum Gasteiger partial charge on any atom is 0.122 e. The Morgan fingerprint density at radius 2 is 2.00 bits per heavy atom. The Hall–Kier alpha value is -1.06. The van der Waals surface area contributed by atoms with E-state index in [4.69, 9.17) is 15.5 Å². The minimum Gasteiger partial charge on any atom is -0.496 e. The molecule has 0 amide bonds. The average Bonchev–Trinajstić information content (AvgIpc) is 2.16. The van der Waals surface area contributed by atoms with E-state index in [0.29, 0.717) is 6.61 Å². The largest absolute Gasteiger partial charge is 0.496 e. The van der Waals surface area contributed by atoms with Gasteiger partial charge in [-0.25, -0.2) is 5.90 Å². The van der Waals surface area contributed by atoms with Crippen LogP contribution in [0.1, 0.15) is 25.0 Å². The molecule has 2 N–H and O–H groups in total. The lowest BCUT2D eigenvalue weighted by Gasteiger charge is -2.27. The van der Waals surface area contributed by atoms with Crippen LogP contribution in [-0.4, -0.2) is 13.7 Å². The molecule has 84 valence electrons. The van der Waals surface area contributed by atoms with E-state index in [1.54, 1.807) is 7.11 Å². The SMILES string of the molecule is COc1cccc(C)c1C(C)(C)CON. The van der Waals surface area contributed by atoms with Crippen molar-refractivity contribution in [3.8, 4) is 5.75 Å². The van der Waals surface area contributed by atoms with Gasteiger partial charge in [-0.2, -0.15) is 0 Å². The fraction of sp³-hybridized carbons (Fsp3) is 0.500. The molecule has 1 aromatic rings. The van der Waals surface area contributed by atoms with Crippen LogP contribution in [0.4, 0.5) is 0 Å². The first-order valence-corrected chi connectivity index (χ1v) is 4.98. The summed E-state index contributed by atoms with van der Waals surface area (Å²) >= 11 is 0. The lowest BCUT2D eigenvalue weighted by atomic mass is 9.82. The maximum atomic E-state index is 5.36. The van der Waals surface area contributed by atoms with Crippen molar-refractivity contribution in [1.29, 1.82) is 0 Å².